The van der Waals surface area contributed by atoms with Gasteiger partial charge in [0, 0.05) is 17.8 Å². The van der Waals surface area contributed by atoms with Gasteiger partial charge in [-0.2, -0.15) is 0 Å². The van der Waals surface area contributed by atoms with E-state index >= 15 is 0 Å². The number of nitrogens with one attached hydrogen (secondary N) is 1. The number of anilines is 1. The monoisotopic (exact) mass is 327 g/mol. The minimum Gasteiger partial charge on any atom is -0.476 e. The molecule has 0 radical (unpaired) electrons. The molecule has 0 aliphatic heterocycles. The lowest BCUT2D eigenvalue weighted by Crippen LogP contribution is -2.13. The number of halogens is 2. The van der Waals surface area contributed by atoms with Crippen LogP contribution in [0.2, 0.25) is 10.0 Å². The van der Waals surface area contributed by atoms with Crippen LogP contribution in [0.3, 0.4) is 0 Å². The van der Waals surface area contributed by atoms with Crippen molar-refractivity contribution in [2.75, 3.05) is 11.9 Å². The Bertz CT molecular complexity index is 656. The van der Waals surface area contributed by atoms with Crippen molar-refractivity contribution in [3.63, 3.8) is 0 Å². The smallest absolute Gasteiger partial charge is 0.262 e. The van der Waals surface area contributed by atoms with E-state index in [1.807, 2.05) is 13.8 Å². The number of ether oxygens (including phenoxy) is 1. The lowest BCUT2D eigenvalue weighted by atomic mass is 10.2. The molecule has 1 amide bonds. The zero-order chi connectivity index (χ0) is 15.4. The molecule has 1 aromatic carbocycles. The van der Waals surface area contributed by atoms with Gasteiger partial charge in [-0.15, -0.1) is 5.10 Å². The number of hydrogen-bond donors (Lipinski definition) is 1. The van der Waals surface area contributed by atoms with Gasteiger partial charge in [0.15, 0.2) is 0 Å². The van der Waals surface area contributed by atoms with Crippen LogP contribution in [0, 0.1) is 0 Å². The lowest BCUT2D eigenvalue weighted by molar-refractivity contribution is 0.102. The number of aromatic nitrogens is 2. The molecule has 2 rings (SSSR count). The van der Waals surface area contributed by atoms with E-state index in [4.69, 9.17) is 27.9 Å². The molecule has 0 spiro atoms. The molecule has 0 unspecified atom stereocenters. The van der Waals surface area contributed by atoms with E-state index in [2.05, 4.69) is 10.4 Å². The maximum atomic E-state index is 12.3. The fourth-order valence-corrected chi connectivity index (χ4v) is 2.20. The van der Waals surface area contributed by atoms with Crippen molar-refractivity contribution >= 4 is 34.8 Å². The Morgan fingerprint density at radius 1 is 1.38 bits per heavy atom. The zero-order valence-corrected chi connectivity index (χ0v) is 13.2. The summed E-state index contributed by atoms with van der Waals surface area (Å²) in [6.07, 6.45) is 1.64. The highest BCUT2D eigenvalue weighted by atomic mass is 35.5. The Morgan fingerprint density at radius 2 is 2.14 bits per heavy atom. The van der Waals surface area contributed by atoms with Crippen molar-refractivity contribution in [2.24, 2.45) is 0 Å². The molecule has 5 nitrogen and oxygen atoms in total. The van der Waals surface area contributed by atoms with E-state index < -0.39 is 0 Å². The molecule has 0 aliphatic rings. The van der Waals surface area contributed by atoms with E-state index in [0.717, 1.165) is 0 Å². The predicted octanol–water partition coefficient (Wildman–Crippen LogP) is 3.86. The fourth-order valence-electron chi connectivity index (χ4n) is 1.75. The molecule has 21 heavy (non-hydrogen) atoms. The third kappa shape index (κ3) is 3.68. The second kappa shape index (κ2) is 6.83. The first-order chi connectivity index (χ1) is 10.0. The number of aryl methyl sites for hydroxylation is 1. The summed E-state index contributed by atoms with van der Waals surface area (Å²) in [5.74, 6) is -0.0238. The van der Waals surface area contributed by atoms with Crippen molar-refractivity contribution in [3.8, 4) is 5.88 Å². The Labute approximate surface area is 132 Å². The van der Waals surface area contributed by atoms with Gasteiger partial charge in [-0.1, -0.05) is 23.2 Å². The first-order valence-corrected chi connectivity index (χ1v) is 7.27. The van der Waals surface area contributed by atoms with Crippen LogP contribution in [0.5, 0.6) is 5.88 Å². The van der Waals surface area contributed by atoms with Gasteiger partial charge in [0.25, 0.3) is 5.91 Å². The molecule has 112 valence electrons. The quantitative estimate of drug-likeness (QED) is 0.907. The van der Waals surface area contributed by atoms with Crippen molar-refractivity contribution in [2.45, 2.75) is 20.4 Å². The largest absolute Gasteiger partial charge is 0.476 e. The van der Waals surface area contributed by atoms with Crippen molar-refractivity contribution < 1.29 is 9.53 Å². The van der Waals surface area contributed by atoms with Crippen LogP contribution in [0.4, 0.5) is 5.69 Å². The average Bonchev–Trinajstić information content (AvgIpc) is 2.85. The third-order valence-corrected chi connectivity index (χ3v) is 3.30. The average molecular weight is 328 g/mol. The van der Waals surface area contributed by atoms with Crippen LogP contribution in [0.25, 0.3) is 0 Å². The van der Waals surface area contributed by atoms with Crippen LogP contribution in [-0.4, -0.2) is 22.3 Å². The molecule has 0 saturated heterocycles. The molecular formula is C14H15Cl2N3O2. The minimum atomic E-state index is -0.331. The summed E-state index contributed by atoms with van der Waals surface area (Å²) >= 11 is 11.9. The van der Waals surface area contributed by atoms with Gasteiger partial charge in [-0.05, 0) is 32.0 Å². The highest BCUT2D eigenvalue weighted by Gasteiger charge is 2.18. The van der Waals surface area contributed by atoms with Gasteiger partial charge in [-0.25, -0.2) is 0 Å². The van der Waals surface area contributed by atoms with Crippen LogP contribution < -0.4 is 10.1 Å². The van der Waals surface area contributed by atoms with E-state index in [1.165, 1.54) is 0 Å². The zero-order valence-electron chi connectivity index (χ0n) is 11.7. The van der Waals surface area contributed by atoms with Gasteiger partial charge in [0.05, 0.1) is 17.3 Å². The number of benzene rings is 1. The number of nitrogens with zero attached hydrogens (tertiary/aromatic N) is 2. The van der Waals surface area contributed by atoms with E-state index in [1.54, 1.807) is 29.1 Å². The van der Waals surface area contributed by atoms with Crippen LogP contribution in [0.1, 0.15) is 24.2 Å². The molecule has 1 heterocycles. The summed E-state index contributed by atoms with van der Waals surface area (Å²) in [5.41, 5.74) is 0.850. The number of amides is 1. The van der Waals surface area contributed by atoms with Crippen molar-refractivity contribution in [3.05, 3.63) is 40.0 Å². The van der Waals surface area contributed by atoms with Gasteiger partial charge >= 0.3 is 0 Å². The minimum absolute atomic E-state index is 0.307. The number of hydrogen-bond acceptors (Lipinski definition) is 3. The normalized spacial score (nSPS) is 10.5. The van der Waals surface area contributed by atoms with Gasteiger partial charge in [-0.3, -0.25) is 9.48 Å². The number of carbonyl (C=O) groups is 1. The van der Waals surface area contributed by atoms with Gasteiger partial charge < -0.3 is 10.1 Å². The second-order valence-electron chi connectivity index (χ2n) is 4.21. The lowest BCUT2D eigenvalue weighted by Gasteiger charge is -2.07. The van der Waals surface area contributed by atoms with E-state index in [-0.39, 0.29) is 5.91 Å². The topological polar surface area (TPSA) is 56.2 Å². The Morgan fingerprint density at radius 3 is 2.76 bits per heavy atom. The van der Waals surface area contributed by atoms with Crippen LogP contribution in [0.15, 0.2) is 24.4 Å². The highest BCUT2D eigenvalue weighted by molar-refractivity contribution is 6.36. The summed E-state index contributed by atoms with van der Waals surface area (Å²) in [6.45, 7) is 4.85. The van der Waals surface area contributed by atoms with Crippen LogP contribution >= 0.6 is 23.2 Å². The molecule has 0 aliphatic carbocycles. The maximum absolute atomic E-state index is 12.3. The third-order valence-electron chi connectivity index (χ3n) is 2.76. The SMILES string of the molecule is CCOc1nn(CC)cc1C(=O)Nc1ccc(Cl)cc1Cl. The first kappa shape index (κ1) is 15.7. The molecule has 1 N–H and O–H groups in total. The molecule has 0 saturated carbocycles. The fraction of sp³-hybridized carbons (Fsp3) is 0.286. The predicted molar refractivity (Wildman–Crippen MR) is 83.5 cm³/mol. The van der Waals surface area contributed by atoms with Gasteiger partial charge in [0.1, 0.15) is 5.56 Å². The maximum Gasteiger partial charge on any atom is 0.262 e. The molecular weight excluding hydrogens is 313 g/mol. The molecule has 1 aromatic heterocycles. The van der Waals surface area contributed by atoms with E-state index in [0.29, 0.717) is 40.3 Å². The summed E-state index contributed by atoms with van der Waals surface area (Å²) in [4.78, 5) is 12.3. The van der Waals surface area contributed by atoms with Crippen molar-refractivity contribution in [1.82, 2.24) is 9.78 Å². The molecule has 0 atom stereocenters. The Kier molecular flexibility index (Phi) is 5.09. The molecule has 7 heteroatoms. The number of rotatable bonds is 5. The standard InChI is InChI=1S/C14H15Cl2N3O2/c1-3-19-8-10(14(18-19)21-4-2)13(20)17-12-6-5-9(15)7-11(12)16/h5-8H,3-4H2,1-2H3,(H,17,20). The number of carbonyl (C=O) groups excluding carboxylic acids is 1. The first-order valence-electron chi connectivity index (χ1n) is 6.51. The van der Waals surface area contributed by atoms with E-state index in [9.17, 15) is 4.79 Å². The Balaban J connectivity index is 2.25. The summed E-state index contributed by atoms with van der Waals surface area (Å²) < 4.78 is 7.02. The molecule has 2 aromatic rings. The van der Waals surface area contributed by atoms with Crippen LogP contribution in [-0.2, 0) is 6.54 Å². The Hall–Kier alpha value is -1.72. The molecule has 0 fully saturated rings. The van der Waals surface area contributed by atoms with Gasteiger partial charge in [0.2, 0.25) is 5.88 Å². The van der Waals surface area contributed by atoms with Crippen molar-refractivity contribution in [1.29, 1.82) is 0 Å². The highest BCUT2D eigenvalue weighted by Crippen LogP contribution is 2.26. The molecule has 0 bridgehead atoms. The summed E-state index contributed by atoms with van der Waals surface area (Å²) in [6, 6.07) is 4.87. The second-order valence-corrected chi connectivity index (χ2v) is 5.06. The summed E-state index contributed by atoms with van der Waals surface area (Å²) in [7, 11) is 0. The summed E-state index contributed by atoms with van der Waals surface area (Å²) in [5, 5.41) is 7.80.